The largest absolute Gasteiger partial charge is 0.307 e. The summed E-state index contributed by atoms with van der Waals surface area (Å²) in [5.74, 6) is 0. The Kier molecular flexibility index (Phi) is 2.10. The molecule has 1 aliphatic rings. The van der Waals surface area contributed by atoms with Gasteiger partial charge >= 0.3 is 0 Å². The first kappa shape index (κ1) is 10.5. The Labute approximate surface area is 108 Å². The van der Waals surface area contributed by atoms with E-state index in [1.807, 2.05) is 12.1 Å². The van der Waals surface area contributed by atoms with Crippen LogP contribution in [0, 0.1) is 0 Å². The summed E-state index contributed by atoms with van der Waals surface area (Å²) in [4.78, 5) is 16.1. The summed E-state index contributed by atoms with van der Waals surface area (Å²) in [6, 6.07) is 12.2. The molecule has 2 aromatic heterocycles. The van der Waals surface area contributed by atoms with E-state index < -0.39 is 0 Å². The number of aromatic nitrogens is 3. The summed E-state index contributed by atoms with van der Waals surface area (Å²) >= 11 is 0. The molecule has 1 aromatic carbocycles. The highest BCUT2D eigenvalue weighted by atomic mass is 16.1. The van der Waals surface area contributed by atoms with Crippen LogP contribution in [0.3, 0.4) is 0 Å². The first-order valence-corrected chi connectivity index (χ1v) is 6.22. The minimum Gasteiger partial charge on any atom is -0.307 e. The number of rotatable bonds is 2. The Morgan fingerprint density at radius 2 is 2.00 bits per heavy atom. The molecule has 1 unspecified atom stereocenters. The number of H-pyrrole nitrogens is 1. The predicted octanol–water partition coefficient (Wildman–Crippen LogP) is 1.36. The molecule has 5 heteroatoms. The Morgan fingerprint density at radius 3 is 2.74 bits per heavy atom. The topological polar surface area (TPSA) is 72.6 Å². The summed E-state index contributed by atoms with van der Waals surface area (Å²) in [7, 11) is 0. The second-order valence-electron chi connectivity index (χ2n) is 4.70. The van der Waals surface area contributed by atoms with Crippen LogP contribution in [0.4, 0.5) is 0 Å². The molecular weight excluding hydrogens is 240 g/mol. The lowest BCUT2D eigenvalue weighted by Gasteiger charge is -2.04. The fourth-order valence-electron chi connectivity index (χ4n) is 2.30. The van der Waals surface area contributed by atoms with Gasteiger partial charge in [0.05, 0.1) is 11.1 Å². The third-order valence-corrected chi connectivity index (χ3v) is 3.42. The van der Waals surface area contributed by atoms with Gasteiger partial charge in [-0.25, -0.2) is 9.67 Å². The number of hydrogen-bond donors (Lipinski definition) is 2. The Morgan fingerprint density at radius 1 is 1.21 bits per heavy atom. The minimum absolute atomic E-state index is 0.115. The maximum Gasteiger partial charge on any atom is 0.273 e. The van der Waals surface area contributed by atoms with Crippen LogP contribution in [-0.4, -0.2) is 21.3 Å². The van der Waals surface area contributed by atoms with E-state index in [0.717, 1.165) is 12.2 Å². The number of benzene rings is 1. The van der Waals surface area contributed by atoms with Crippen molar-refractivity contribution in [1.82, 2.24) is 20.1 Å². The lowest BCUT2D eigenvalue weighted by Crippen LogP contribution is -2.04. The first-order chi connectivity index (χ1) is 9.33. The number of nitrogens with zero attached hydrogens (tertiary/aromatic N) is 2. The van der Waals surface area contributed by atoms with Crippen LogP contribution in [0.5, 0.6) is 0 Å². The lowest BCUT2D eigenvalue weighted by molar-refractivity contribution is 0.877. The summed E-state index contributed by atoms with van der Waals surface area (Å²) in [6.07, 6.45) is 1.69. The second kappa shape index (κ2) is 3.80. The van der Waals surface area contributed by atoms with Crippen molar-refractivity contribution >= 4 is 11.0 Å². The summed E-state index contributed by atoms with van der Waals surface area (Å²) in [6.45, 7) is 1.05. The lowest BCUT2D eigenvalue weighted by atomic mass is 10.1. The first-order valence-electron chi connectivity index (χ1n) is 6.22. The zero-order valence-electron chi connectivity index (χ0n) is 10.1. The highest BCUT2D eigenvalue weighted by Gasteiger charge is 2.21. The second-order valence-corrected chi connectivity index (χ2v) is 4.70. The zero-order valence-corrected chi connectivity index (χ0v) is 10.1. The zero-order chi connectivity index (χ0) is 12.8. The fourth-order valence-corrected chi connectivity index (χ4v) is 2.30. The van der Waals surface area contributed by atoms with E-state index in [1.54, 1.807) is 23.0 Å². The molecule has 3 aromatic rings. The summed E-state index contributed by atoms with van der Waals surface area (Å²) in [5.41, 5.74) is 2.73. The van der Waals surface area contributed by atoms with Gasteiger partial charge in [0.15, 0.2) is 5.65 Å². The standard InChI is InChI=1S/C14H12N4O/c19-14-11-2-1-7-15-13(11)18(17-14)10-5-3-9(4-6-10)12-8-16-12/h1-7,12,16H,8H2,(H,17,19). The van der Waals surface area contributed by atoms with Crippen molar-refractivity contribution in [2.75, 3.05) is 6.54 Å². The molecule has 94 valence electrons. The fraction of sp³-hybridized carbons (Fsp3) is 0.143. The quantitative estimate of drug-likeness (QED) is 0.676. The van der Waals surface area contributed by atoms with Crippen molar-refractivity contribution in [2.45, 2.75) is 6.04 Å². The van der Waals surface area contributed by atoms with Crippen LogP contribution in [0.2, 0.25) is 0 Å². The molecule has 2 N–H and O–H groups in total. The van der Waals surface area contributed by atoms with E-state index in [1.165, 1.54) is 5.56 Å². The molecule has 5 nitrogen and oxygen atoms in total. The number of fused-ring (bicyclic) bond motifs is 1. The molecule has 0 bridgehead atoms. The molecular formula is C14H12N4O. The average Bonchev–Trinajstić information content (AvgIpc) is 3.25. The molecule has 1 aliphatic heterocycles. The van der Waals surface area contributed by atoms with Gasteiger partial charge in [-0.1, -0.05) is 12.1 Å². The van der Waals surface area contributed by atoms with Crippen molar-refractivity contribution < 1.29 is 0 Å². The van der Waals surface area contributed by atoms with Crippen molar-refractivity contribution in [2.24, 2.45) is 0 Å². The third-order valence-electron chi connectivity index (χ3n) is 3.42. The third kappa shape index (κ3) is 1.67. The molecule has 1 saturated heterocycles. The van der Waals surface area contributed by atoms with E-state index in [-0.39, 0.29) is 5.56 Å². The molecule has 0 radical (unpaired) electrons. The van der Waals surface area contributed by atoms with Crippen LogP contribution >= 0.6 is 0 Å². The van der Waals surface area contributed by atoms with Crippen molar-refractivity contribution in [1.29, 1.82) is 0 Å². The minimum atomic E-state index is -0.115. The van der Waals surface area contributed by atoms with E-state index >= 15 is 0 Å². The monoisotopic (exact) mass is 252 g/mol. The Hall–Kier alpha value is -2.40. The van der Waals surface area contributed by atoms with Gasteiger partial charge in [-0.15, -0.1) is 0 Å². The van der Waals surface area contributed by atoms with Crippen molar-refractivity contribution in [3.05, 3.63) is 58.5 Å². The maximum absolute atomic E-state index is 11.8. The molecule has 3 heterocycles. The summed E-state index contributed by atoms with van der Waals surface area (Å²) < 4.78 is 1.72. The van der Waals surface area contributed by atoms with Crippen LogP contribution in [0.1, 0.15) is 11.6 Å². The van der Waals surface area contributed by atoms with E-state index in [0.29, 0.717) is 17.1 Å². The predicted molar refractivity (Wildman–Crippen MR) is 72.4 cm³/mol. The molecule has 0 amide bonds. The van der Waals surface area contributed by atoms with E-state index in [2.05, 4.69) is 27.5 Å². The van der Waals surface area contributed by atoms with Gasteiger partial charge in [-0.2, -0.15) is 0 Å². The van der Waals surface area contributed by atoms with Gasteiger partial charge in [0, 0.05) is 18.8 Å². The smallest absolute Gasteiger partial charge is 0.273 e. The Bertz CT molecular complexity index is 796. The van der Waals surface area contributed by atoms with Gasteiger partial charge < -0.3 is 5.32 Å². The number of nitrogens with one attached hydrogen (secondary N) is 2. The van der Waals surface area contributed by atoms with Crippen LogP contribution in [0.25, 0.3) is 16.7 Å². The van der Waals surface area contributed by atoms with Gasteiger partial charge in [-0.05, 0) is 29.8 Å². The highest BCUT2D eigenvalue weighted by Crippen LogP contribution is 2.22. The molecule has 1 fully saturated rings. The van der Waals surface area contributed by atoms with E-state index in [4.69, 9.17) is 0 Å². The van der Waals surface area contributed by atoms with Crippen LogP contribution in [-0.2, 0) is 0 Å². The number of aromatic amines is 1. The molecule has 19 heavy (non-hydrogen) atoms. The van der Waals surface area contributed by atoms with Gasteiger partial charge in [0.25, 0.3) is 5.56 Å². The molecule has 1 atom stereocenters. The SMILES string of the molecule is O=c1[nH]n(-c2ccc(C3CN3)cc2)c2ncccc12. The van der Waals surface area contributed by atoms with E-state index in [9.17, 15) is 4.79 Å². The normalized spacial score (nSPS) is 17.8. The Balaban J connectivity index is 1.87. The highest BCUT2D eigenvalue weighted by molar-refractivity contribution is 5.75. The van der Waals surface area contributed by atoms with Crippen molar-refractivity contribution in [3.8, 4) is 5.69 Å². The van der Waals surface area contributed by atoms with Gasteiger partial charge in [-0.3, -0.25) is 9.89 Å². The molecule has 4 rings (SSSR count). The van der Waals surface area contributed by atoms with Crippen molar-refractivity contribution in [3.63, 3.8) is 0 Å². The number of pyridine rings is 1. The van der Waals surface area contributed by atoms with Gasteiger partial charge in [0.2, 0.25) is 0 Å². The van der Waals surface area contributed by atoms with Crippen LogP contribution in [0.15, 0.2) is 47.4 Å². The molecule has 0 aliphatic carbocycles. The van der Waals surface area contributed by atoms with Crippen LogP contribution < -0.4 is 10.9 Å². The maximum atomic E-state index is 11.8. The van der Waals surface area contributed by atoms with Gasteiger partial charge in [0.1, 0.15) is 0 Å². The summed E-state index contributed by atoms with van der Waals surface area (Å²) in [5, 5.41) is 6.69. The average molecular weight is 252 g/mol. The molecule has 0 saturated carbocycles. The number of hydrogen-bond acceptors (Lipinski definition) is 3. The molecule has 0 spiro atoms.